The second-order valence-electron chi connectivity index (χ2n) is 0.904. The molecule has 0 fully saturated rings. The zero-order valence-electron chi connectivity index (χ0n) is 4.25. The first-order valence-corrected chi connectivity index (χ1v) is 1.52. The number of hydrogen-bond donors (Lipinski definition) is 0. The first kappa shape index (κ1) is 11.6. The molecule has 0 saturated heterocycles. The van der Waals surface area contributed by atoms with Gasteiger partial charge in [-0.1, -0.05) is 0 Å². The van der Waals surface area contributed by atoms with Crippen molar-refractivity contribution < 1.29 is 24.6 Å². The van der Waals surface area contributed by atoms with Gasteiger partial charge in [-0.2, -0.15) is 0 Å². The Bertz CT molecular complexity index is 134. The molecule has 9 heavy (non-hydrogen) atoms. The first-order valence-electron chi connectivity index (χ1n) is 1.52. The third kappa shape index (κ3) is 4.38. The molecule has 0 unspecified atom stereocenters. The van der Waals surface area contributed by atoms with Crippen LogP contribution in [0.1, 0.15) is 0 Å². The number of Topliss-reactive ketones (excluding diaryl/α,β-unsaturated/α-hetero) is 1. The van der Waals surface area contributed by atoms with Crippen LogP contribution >= 0.6 is 0 Å². The average Bonchev–Trinajstić information content (AvgIpc) is 1.64. The predicted molar refractivity (Wildman–Crippen MR) is 20.8 cm³/mol. The van der Waals surface area contributed by atoms with Crippen molar-refractivity contribution in [3.05, 3.63) is 0 Å². The summed E-state index contributed by atoms with van der Waals surface area (Å²) in [5.74, 6) is -6.56. The number of carboxylic acid groups (broad SMARTS) is 2. The van der Waals surface area contributed by atoms with Gasteiger partial charge in [-0.3, -0.25) is 4.79 Å². The molecule has 0 rings (SSSR count). The summed E-state index contributed by atoms with van der Waals surface area (Å²) in [6.45, 7) is 0. The first-order chi connectivity index (χ1) is 3.55. The summed E-state index contributed by atoms with van der Waals surface area (Å²) < 4.78 is 0. The molecule has 0 N–H and O–H groups in total. The van der Waals surface area contributed by atoms with Crippen LogP contribution in [-0.4, -0.2) is 55.5 Å². The Balaban J connectivity index is 0. The van der Waals surface area contributed by atoms with E-state index in [1.165, 1.54) is 0 Å². The third-order valence-electron chi connectivity index (χ3n) is 0.371. The van der Waals surface area contributed by atoms with Crippen molar-refractivity contribution in [2.45, 2.75) is 0 Å². The average molecular weight is 156 g/mol. The van der Waals surface area contributed by atoms with Crippen LogP contribution in [0.25, 0.3) is 0 Å². The van der Waals surface area contributed by atoms with Crippen LogP contribution in [0.4, 0.5) is 0 Å². The molecule has 0 amide bonds. The maximum atomic E-state index is 9.52. The summed E-state index contributed by atoms with van der Waals surface area (Å²) in [7, 11) is 0. The minimum Gasteiger partial charge on any atom is -0.541 e. The van der Waals surface area contributed by atoms with Gasteiger partial charge in [0.1, 0.15) is 11.9 Å². The molecule has 0 aliphatic rings. The number of aliphatic carboxylic acids is 2. The summed E-state index contributed by atoms with van der Waals surface area (Å²) in [5.41, 5.74) is 0. The van der Waals surface area contributed by atoms with Gasteiger partial charge in [0.2, 0.25) is 5.78 Å². The van der Waals surface area contributed by atoms with Gasteiger partial charge in [0, 0.05) is 0 Å². The molecule has 0 atom stereocenters. The molecule has 0 aromatic carbocycles. The second-order valence-corrected chi connectivity index (χ2v) is 0.904. The van der Waals surface area contributed by atoms with E-state index in [2.05, 4.69) is 0 Å². The minimum absolute atomic E-state index is 0. The fourth-order valence-corrected chi connectivity index (χ4v) is 0.0833. The maximum absolute atomic E-state index is 9.52. The van der Waals surface area contributed by atoms with E-state index in [1.807, 2.05) is 0 Å². The van der Waals surface area contributed by atoms with Crippen molar-refractivity contribution in [3.8, 4) is 0 Å². The van der Waals surface area contributed by atoms with Crippen LogP contribution < -0.4 is 10.2 Å². The molecule has 0 aliphatic heterocycles. The number of hydrogen-bond acceptors (Lipinski definition) is 5. The summed E-state index contributed by atoms with van der Waals surface area (Å²) in [6.07, 6.45) is 0. The molecule has 0 saturated carbocycles. The van der Waals surface area contributed by atoms with Crippen LogP contribution in [0.15, 0.2) is 0 Å². The predicted octanol–water partition coefficient (Wildman–Crippen LogP) is -4.33. The van der Waals surface area contributed by atoms with Crippen molar-refractivity contribution in [2.24, 2.45) is 0 Å². The van der Waals surface area contributed by atoms with Crippen molar-refractivity contribution in [2.75, 3.05) is 0 Å². The molecule has 6 heteroatoms. The molecular weight excluding hydrogens is 156 g/mol. The molecule has 0 aromatic heterocycles. The molecule has 0 bridgehead atoms. The van der Waals surface area contributed by atoms with Gasteiger partial charge in [-0.05, 0) is 0 Å². The Morgan fingerprint density at radius 3 is 1.11 bits per heavy atom. The van der Waals surface area contributed by atoms with Gasteiger partial charge >= 0.3 is 37.7 Å². The van der Waals surface area contributed by atoms with Gasteiger partial charge in [0.15, 0.2) is 0 Å². The summed E-state index contributed by atoms with van der Waals surface area (Å²) in [6, 6.07) is 0. The largest absolute Gasteiger partial charge is 2.00 e. The van der Waals surface area contributed by atoms with Gasteiger partial charge < -0.3 is 19.8 Å². The molecule has 44 valence electrons. The monoisotopic (exact) mass is 156 g/mol. The van der Waals surface area contributed by atoms with Crippen LogP contribution in [0.2, 0.25) is 0 Å². The Morgan fingerprint density at radius 1 is 0.889 bits per heavy atom. The third-order valence-corrected chi connectivity index (χ3v) is 0.371. The molecule has 0 aromatic rings. The zero-order chi connectivity index (χ0) is 6.73. The van der Waals surface area contributed by atoms with Crippen LogP contribution in [0.5, 0.6) is 0 Å². The zero-order valence-corrected chi connectivity index (χ0v) is 6.46. The summed E-state index contributed by atoms with van der Waals surface area (Å²) >= 11 is 0. The quantitative estimate of drug-likeness (QED) is 0.229. The van der Waals surface area contributed by atoms with Gasteiger partial charge in [0.05, 0.1) is 0 Å². The van der Waals surface area contributed by atoms with Gasteiger partial charge in [0.25, 0.3) is 0 Å². The summed E-state index contributed by atoms with van der Waals surface area (Å²) in [5, 5.41) is 18.5. The smallest absolute Gasteiger partial charge is 0.541 e. The normalized spacial score (nSPS) is 7.11. The Kier molecular flexibility index (Phi) is 6.11. The van der Waals surface area contributed by atoms with Crippen molar-refractivity contribution in [1.82, 2.24) is 0 Å². The van der Waals surface area contributed by atoms with Crippen LogP contribution in [-0.2, 0) is 14.4 Å². The van der Waals surface area contributed by atoms with Crippen LogP contribution in [0.3, 0.4) is 0 Å². The SMILES string of the molecule is O=C([O-])C(=O)C(=O)[O-].[Ca+2]. The van der Waals surface area contributed by atoms with Gasteiger partial charge in [-0.25, -0.2) is 0 Å². The Labute approximate surface area is 79.7 Å². The number of ketones is 1. The van der Waals surface area contributed by atoms with Crippen molar-refractivity contribution >= 4 is 55.5 Å². The van der Waals surface area contributed by atoms with E-state index < -0.39 is 17.7 Å². The van der Waals surface area contributed by atoms with Crippen molar-refractivity contribution in [1.29, 1.82) is 0 Å². The second kappa shape index (κ2) is 4.72. The topological polar surface area (TPSA) is 97.3 Å². The molecule has 5 nitrogen and oxygen atoms in total. The Morgan fingerprint density at radius 2 is 1.11 bits per heavy atom. The van der Waals surface area contributed by atoms with E-state index in [1.54, 1.807) is 0 Å². The van der Waals surface area contributed by atoms with E-state index in [4.69, 9.17) is 0 Å². The molecular formula is C3CaO5. The van der Waals surface area contributed by atoms with Crippen molar-refractivity contribution in [3.63, 3.8) is 0 Å². The Hall–Kier alpha value is -0.130. The number of carbonyl (C=O) groups excluding carboxylic acids is 3. The number of carbonyl (C=O) groups is 3. The molecule has 0 radical (unpaired) electrons. The molecule has 0 spiro atoms. The van der Waals surface area contributed by atoms with E-state index >= 15 is 0 Å². The fraction of sp³-hybridized carbons (Fsp3) is 0. The van der Waals surface area contributed by atoms with E-state index in [-0.39, 0.29) is 37.7 Å². The minimum atomic E-state index is -2.26. The van der Waals surface area contributed by atoms with Crippen LogP contribution in [0, 0.1) is 0 Å². The standard InChI is InChI=1S/C3H2O5.Ca/c4-1(2(5)6)3(7)8;/h(H,5,6)(H,7,8);/q;+2/p-2. The maximum Gasteiger partial charge on any atom is 2.00 e. The summed E-state index contributed by atoms with van der Waals surface area (Å²) in [4.78, 5) is 28.0. The van der Waals surface area contributed by atoms with E-state index in [0.29, 0.717) is 0 Å². The van der Waals surface area contributed by atoms with Gasteiger partial charge in [-0.15, -0.1) is 0 Å². The fourth-order valence-electron chi connectivity index (χ4n) is 0.0833. The molecule has 0 heterocycles. The van der Waals surface area contributed by atoms with E-state index in [0.717, 1.165) is 0 Å². The number of carboxylic acids is 2. The molecule has 0 aliphatic carbocycles. The number of rotatable bonds is 2. The van der Waals surface area contributed by atoms with E-state index in [9.17, 15) is 24.6 Å².